The normalized spacial score (nSPS) is 16.9. The van der Waals surface area contributed by atoms with Gasteiger partial charge in [-0.25, -0.2) is 0 Å². The van der Waals surface area contributed by atoms with E-state index >= 15 is 0 Å². The SMILES string of the molecule is CCC(NC(CC)[Si](C)(C)OC)[Si](C)(C)OC. The second-order valence-corrected chi connectivity index (χ2v) is 14.3. The third-order valence-electron chi connectivity index (χ3n) is 3.95. The van der Waals surface area contributed by atoms with Gasteiger partial charge in [-0.1, -0.05) is 13.8 Å². The van der Waals surface area contributed by atoms with Crippen molar-refractivity contribution in [2.75, 3.05) is 14.2 Å². The van der Waals surface area contributed by atoms with Gasteiger partial charge in [-0.2, -0.15) is 0 Å². The molecule has 0 aliphatic heterocycles. The maximum atomic E-state index is 5.73. The van der Waals surface area contributed by atoms with E-state index in [1.54, 1.807) is 0 Å². The van der Waals surface area contributed by atoms with Crippen LogP contribution in [0.4, 0.5) is 0 Å². The Morgan fingerprint density at radius 1 is 0.824 bits per heavy atom. The van der Waals surface area contributed by atoms with E-state index in [4.69, 9.17) is 8.85 Å². The summed E-state index contributed by atoms with van der Waals surface area (Å²) in [6.07, 6.45) is 2.25. The van der Waals surface area contributed by atoms with Crippen LogP contribution in [0.5, 0.6) is 0 Å². The van der Waals surface area contributed by atoms with Crippen LogP contribution in [0.3, 0.4) is 0 Å². The molecule has 0 aromatic carbocycles. The van der Waals surface area contributed by atoms with Crippen molar-refractivity contribution < 1.29 is 8.85 Å². The Balaban J connectivity index is 4.75. The van der Waals surface area contributed by atoms with Gasteiger partial charge >= 0.3 is 0 Å². The van der Waals surface area contributed by atoms with Gasteiger partial charge < -0.3 is 14.2 Å². The molecule has 104 valence electrons. The Morgan fingerprint density at radius 2 is 1.12 bits per heavy atom. The molecule has 0 bridgehead atoms. The van der Waals surface area contributed by atoms with Gasteiger partial charge in [0, 0.05) is 25.5 Å². The molecule has 0 aliphatic rings. The van der Waals surface area contributed by atoms with Crippen molar-refractivity contribution in [3.63, 3.8) is 0 Å². The summed E-state index contributed by atoms with van der Waals surface area (Å²) in [7, 11) is 0.444. The van der Waals surface area contributed by atoms with Crippen LogP contribution in [0, 0.1) is 0 Å². The van der Waals surface area contributed by atoms with Crippen LogP contribution in [-0.4, -0.2) is 42.2 Å². The summed E-state index contributed by atoms with van der Waals surface area (Å²) in [5.41, 5.74) is 0.999. The fraction of sp³-hybridized carbons (Fsp3) is 1.00. The summed E-state index contributed by atoms with van der Waals surface area (Å²) in [6, 6.07) is 0. The Labute approximate surface area is 110 Å². The van der Waals surface area contributed by atoms with E-state index in [1.807, 2.05) is 14.2 Å². The molecular weight excluding hydrogens is 246 g/mol. The highest BCUT2D eigenvalue weighted by molar-refractivity contribution is 6.74. The number of rotatable bonds is 8. The van der Waals surface area contributed by atoms with Gasteiger partial charge in [0.1, 0.15) is 0 Å². The molecule has 0 rings (SSSR count). The van der Waals surface area contributed by atoms with E-state index in [0.29, 0.717) is 11.3 Å². The van der Waals surface area contributed by atoms with Crippen molar-refractivity contribution in [3.05, 3.63) is 0 Å². The van der Waals surface area contributed by atoms with Crippen LogP contribution in [0.1, 0.15) is 26.7 Å². The highest BCUT2D eigenvalue weighted by Crippen LogP contribution is 2.18. The predicted molar refractivity (Wildman–Crippen MR) is 80.3 cm³/mol. The van der Waals surface area contributed by atoms with Gasteiger partial charge in [0.15, 0.2) is 0 Å². The molecule has 0 heterocycles. The third kappa shape index (κ3) is 4.83. The molecule has 0 fully saturated rings. The van der Waals surface area contributed by atoms with E-state index in [-0.39, 0.29) is 0 Å². The molecule has 0 spiro atoms. The standard InChI is InChI=1S/C12H31NO2Si2/c1-9-11(16(5,6)14-3)13-12(10-2)17(7,8)15-4/h11-13H,9-10H2,1-8H3. The quantitative estimate of drug-likeness (QED) is 0.692. The molecule has 0 aliphatic carbocycles. The van der Waals surface area contributed by atoms with Gasteiger partial charge in [0.25, 0.3) is 0 Å². The van der Waals surface area contributed by atoms with Crippen LogP contribution in [-0.2, 0) is 8.85 Å². The third-order valence-corrected chi connectivity index (χ3v) is 10.6. The molecule has 0 saturated carbocycles. The van der Waals surface area contributed by atoms with Gasteiger partial charge in [0.05, 0.1) is 0 Å². The molecular formula is C12H31NO2Si2. The monoisotopic (exact) mass is 277 g/mol. The van der Waals surface area contributed by atoms with Crippen molar-refractivity contribution >= 4 is 16.6 Å². The van der Waals surface area contributed by atoms with Crippen LogP contribution in [0.25, 0.3) is 0 Å². The first-order valence-electron chi connectivity index (χ1n) is 6.61. The molecule has 2 atom stereocenters. The van der Waals surface area contributed by atoms with Crippen LogP contribution >= 0.6 is 0 Å². The molecule has 2 unspecified atom stereocenters. The average Bonchev–Trinajstić information content (AvgIpc) is 2.29. The number of hydrogen-bond acceptors (Lipinski definition) is 3. The second kappa shape index (κ2) is 7.04. The van der Waals surface area contributed by atoms with Crippen LogP contribution in [0.2, 0.25) is 26.2 Å². The first-order chi connectivity index (χ1) is 7.75. The van der Waals surface area contributed by atoms with E-state index in [9.17, 15) is 0 Å². The predicted octanol–water partition coefficient (Wildman–Crippen LogP) is 2.91. The summed E-state index contributed by atoms with van der Waals surface area (Å²) in [4.78, 5) is 0. The molecule has 0 amide bonds. The largest absolute Gasteiger partial charge is 0.419 e. The minimum Gasteiger partial charge on any atom is -0.419 e. The first-order valence-corrected chi connectivity index (χ1v) is 12.6. The summed E-state index contributed by atoms with van der Waals surface area (Å²) in [5, 5.41) is 3.81. The lowest BCUT2D eigenvalue weighted by atomic mass is 10.4. The maximum absolute atomic E-state index is 5.73. The molecule has 0 radical (unpaired) electrons. The van der Waals surface area contributed by atoms with E-state index < -0.39 is 16.6 Å². The number of nitrogens with one attached hydrogen (secondary N) is 1. The van der Waals surface area contributed by atoms with Gasteiger partial charge in [-0.3, -0.25) is 0 Å². The molecule has 0 aromatic rings. The molecule has 1 N–H and O–H groups in total. The Morgan fingerprint density at radius 3 is 1.29 bits per heavy atom. The smallest absolute Gasteiger partial charge is 0.202 e. The molecule has 17 heavy (non-hydrogen) atoms. The van der Waals surface area contributed by atoms with Crippen molar-refractivity contribution in [2.45, 2.75) is 64.2 Å². The zero-order valence-electron chi connectivity index (χ0n) is 12.9. The van der Waals surface area contributed by atoms with Gasteiger partial charge in [-0.05, 0) is 39.0 Å². The lowest BCUT2D eigenvalue weighted by Crippen LogP contribution is -2.61. The minimum absolute atomic E-state index is 0.499. The highest BCUT2D eigenvalue weighted by atomic mass is 28.4. The Kier molecular flexibility index (Phi) is 7.17. The topological polar surface area (TPSA) is 30.5 Å². The van der Waals surface area contributed by atoms with E-state index in [2.05, 4.69) is 45.4 Å². The van der Waals surface area contributed by atoms with Crippen LogP contribution in [0.15, 0.2) is 0 Å². The maximum Gasteiger partial charge on any atom is 0.202 e. The first kappa shape index (κ1) is 17.3. The van der Waals surface area contributed by atoms with Crippen molar-refractivity contribution in [1.29, 1.82) is 0 Å². The molecule has 0 saturated heterocycles. The molecule has 3 nitrogen and oxygen atoms in total. The summed E-state index contributed by atoms with van der Waals surface area (Å²) < 4.78 is 11.5. The minimum atomic E-state index is -1.62. The molecule has 5 heteroatoms. The molecule has 0 aromatic heterocycles. The Hall–Kier alpha value is 0.314. The van der Waals surface area contributed by atoms with Crippen LogP contribution < -0.4 is 5.32 Å². The second-order valence-electron chi connectivity index (χ2n) is 5.70. The lowest BCUT2D eigenvalue weighted by molar-refractivity contribution is 0.349. The fourth-order valence-corrected chi connectivity index (χ4v) is 6.05. The van der Waals surface area contributed by atoms with Crippen molar-refractivity contribution in [2.24, 2.45) is 0 Å². The van der Waals surface area contributed by atoms with Gasteiger partial charge in [-0.15, -0.1) is 0 Å². The van der Waals surface area contributed by atoms with Gasteiger partial charge in [0.2, 0.25) is 16.6 Å². The fourth-order valence-electron chi connectivity index (χ4n) is 2.15. The van der Waals surface area contributed by atoms with Crippen molar-refractivity contribution in [3.8, 4) is 0 Å². The van der Waals surface area contributed by atoms with E-state index in [1.165, 1.54) is 0 Å². The zero-order valence-corrected chi connectivity index (χ0v) is 14.9. The highest BCUT2D eigenvalue weighted by Gasteiger charge is 2.38. The Bertz CT molecular complexity index is 201. The zero-order chi connectivity index (χ0) is 13.7. The van der Waals surface area contributed by atoms with E-state index in [0.717, 1.165) is 12.8 Å². The summed E-state index contributed by atoms with van der Waals surface area (Å²) in [6.45, 7) is 13.6. The average molecular weight is 278 g/mol. The number of hydrogen-bond donors (Lipinski definition) is 1. The lowest BCUT2D eigenvalue weighted by Gasteiger charge is -2.38. The van der Waals surface area contributed by atoms with Crippen molar-refractivity contribution in [1.82, 2.24) is 5.32 Å². The summed E-state index contributed by atoms with van der Waals surface area (Å²) >= 11 is 0. The summed E-state index contributed by atoms with van der Waals surface area (Å²) in [5.74, 6) is 0.